The van der Waals surface area contributed by atoms with Crippen LogP contribution >= 0.6 is 0 Å². The van der Waals surface area contributed by atoms with Gasteiger partial charge in [-0.05, 0) is 37.1 Å². The van der Waals surface area contributed by atoms with Crippen LogP contribution in [-0.4, -0.2) is 36.6 Å². The molecule has 2 nitrogen and oxygen atoms in total. The summed E-state index contributed by atoms with van der Waals surface area (Å²) >= 11 is 0. The Balaban J connectivity index is 1.61. The van der Waals surface area contributed by atoms with E-state index in [0.29, 0.717) is 5.41 Å². The minimum atomic E-state index is 0.531. The quantitative estimate of drug-likeness (QED) is 0.753. The van der Waals surface area contributed by atoms with Crippen LogP contribution in [-0.2, 0) is 0 Å². The third-order valence-corrected chi connectivity index (χ3v) is 5.56. The van der Waals surface area contributed by atoms with Crippen molar-refractivity contribution < 1.29 is 0 Å². The molecule has 2 unspecified atom stereocenters. The number of likely N-dealkylation sites (tertiary alicyclic amines) is 1. The summed E-state index contributed by atoms with van der Waals surface area (Å²) in [7, 11) is 0. The number of hydrogen-bond acceptors (Lipinski definition) is 2. The van der Waals surface area contributed by atoms with Gasteiger partial charge in [0.05, 0.1) is 0 Å². The van der Waals surface area contributed by atoms with E-state index < -0.39 is 0 Å². The lowest BCUT2D eigenvalue weighted by Gasteiger charge is -2.43. The van der Waals surface area contributed by atoms with Crippen LogP contribution in [0.25, 0.3) is 0 Å². The molecule has 0 amide bonds. The predicted molar refractivity (Wildman–Crippen MR) is 72.1 cm³/mol. The zero-order valence-corrected chi connectivity index (χ0v) is 11.5. The lowest BCUT2D eigenvalue weighted by Crippen LogP contribution is -2.51. The minimum absolute atomic E-state index is 0.531. The molecule has 3 rings (SSSR count). The van der Waals surface area contributed by atoms with Crippen LogP contribution in [0.1, 0.15) is 52.4 Å². The zero-order chi connectivity index (χ0) is 11.9. The van der Waals surface area contributed by atoms with E-state index in [4.69, 9.17) is 0 Å². The lowest BCUT2D eigenvalue weighted by molar-refractivity contribution is 0.0725. The first-order chi connectivity index (χ1) is 8.17. The maximum atomic E-state index is 3.78. The topological polar surface area (TPSA) is 15.3 Å². The SMILES string of the molecule is CC1(C)CNC2CN(C3CCCCC3)CCC21. The van der Waals surface area contributed by atoms with Crippen molar-refractivity contribution in [2.75, 3.05) is 19.6 Å². The van der Waals surface area contributed by atoms with Gasteiger partial charge < -0.3 is 5.32 Å². The summed E-state index contributed by atoms with van der Waals surface area (Å²) < 4.78 is 0. The van der Waals surface area contributed by atoms with Gasteiger partial charge in [-0.2, -0.15) is 0 Å². The van der Waals surface area contributed by atoms with Crippen molar-refractivity contribution in [2.45, 2.75) is 64.5 Å². The Morgan fingerprint density at radius 3 is 2.59 bits per heavy atom. The molecule has 2 saturated heterocycles. The fourth-order valence-electron chi connectivity index (χ4n) is 4.42. The van der Waals surface area contributed by atoms with Crippen LogP contribution in [0.3, 0.4) is 0 Å². The maximum Gasteiger partial charge on any atom is 0.0229 e. The largest absolute Gasteiger partial charge is 0.312 e. The van der Waals surface area contributed by atoms with Gasteiger partial charge in [-0.3, -0.25) is 4.90 Å². The number of hydrogen-bond donors (Lipinski definition) is 1. The number of piperidine rings is 1. The van der Waals surface area contributed by atoms with Gasteiger partial charge in [-0.25, -0.2) is 0 Å². The van der Waals surface area contributed by atoms with Crippen molar-refractivity contribution in [3.05, 3.63) is 0 Å². The molecule has 2 heterocycles. The first-order valence-corrected chi connectivity index (χ1v) is 7.64. The van der Waals surface area contributed by atoms with E-state index in [1.165, 1.54) is 58.2 Å². The number of fused-ring (bicyclic) bond motifs is 1. The van der Waals surface area contributed by atoms with Gasteiger partial charge in [0, 0.05) is 25.2 Å². The van der Waals surface area contributed by atoms with E-state index in [1.54, 1.807) is 0 Å². The molecular weight excluding hydrogens is 208 g/mol. The summed E-state index contributed by atoms with van der Waals surface area (Å²) in [5, 5.41) is 3.78. The van der Waals surface area contributed by atoms with Crippen LogP contribution in [0.4, 0.5) is 0 Å². The number of rotatable bonds is 1. The second-order valence-corrected chi connectivity index (χ2v) is 7.16. The third kappa shape index (κ3) is 2.26. The van der Waals surface area contributed by atoms with E-state index in [-0.39, 0.29) is 0 Å². The number of nitrogens with zero attached hydrogens (tertiary/aromatic N) is 1. The normalized spacial score (nSPS) is 39.2. The highest BCUT2D eigenvalue weighted by Crippen LogP contribution is 2.40. The average Bonchev–Trinajstić information content (AvgIpc) is 2.66. The fourth-order valence-corrected chi connectivity index (χ4v) is 4.42. The summed E-state index contributed by atoms with van der Waals surface area (Å²) in [4.78, 5) is 2.80. The lowest BCUT2D eigenvalue weighted by atomic mass is 9.74. The van der Waals surface area contributed by atoms with E-state index in [1.807, 2.05) is 0 Å². The summed E-state index contributed by atoms with van der Waals surface area (Å²) in [6.45, 7) is 8.79. The van der Waals surface area contributed by atoms with Crippen LogP contribution < -0.4 is 5.32 Å². The van der Waals surface area contributed by atoms with Crippen LogP contribution in [0.5, 0.6) is 0 Å². The van der Waals surface area contributed by atoms with Crippen molar-refractivity contribution in [3.8, 4) is 0 Å². The second-order valence-electron chi connectivity index (χ2n) is 7.16. The molecule has 0 aromatic heterocycles. The van der Waals surface area contributed by atoms with Crippen LogP contribution in [0.2, 0.25) is 0 Å². The highest BCUT2D eigenvalue weighted by molar-refractivity contribution is 5.01. The van der Waals surface area contributed by atoms with Gasteiger partial charge in [-0.15, -0.1) is 0 Å². The monoisotopic (exact) mass is 236 g/mol. The highest BCUT2D eigenvalue weighted by Gasteiger charge is 2.45. The molecule has 1 aliphatic carbocycles. The van der Waals surface area contributed by atoms with Gasteiger partial charge in [0.1, 0.15) is 0 Å². The molecular formula is C15H28N2. The van der Waals surface area contributed by atoms with Crippen LogP contribution in [0, 0.1) is 11.3 Å². The summed E-state index contributed by atoms with van der Waals surface area (Å²) in [6, 6.07) is 1.69. The van der Waals surface area contributed by atoms with Crippen molar-refractivity contribution in [1.82, 2.24) is 10.2 Å². The van der Waals surface area contributed by atoms with Crippen molar-refractivity contribution in [1.29, 1.82) is 0 Å². The summed E-state index contributed by atoms with van der Waals surface area (Å²) in [5.41, 5.74) is 0.531. The standard InChI is InChI=1S/C15H28N2/c1-15(2)11-16-14-10-17(9-8-13(14)15)12-6-4-3-5-7-12/h12-14,16H,3-11H2,1-2H3. The molecule has 0 aromatic carbocycles. The molecule has 2 aliphatic heterocycles. The molecule has 1 saturated carbocycles. The second kappa shape index (κ2) is 4.55. The highest BCUT2D eigenvalue weighted by atomic mass is 15.2. The van der Waals surface area contributed by atoms with Crippen LogP contribution in [0.15, 0.2) is 0 Å². The molecule has 17 heavy (non-hydrogen) atoms. The van der Waals surface area contributed by atoms with E-state index >= 15 is 0 Å². The van der Waals surface area contributed by atoms with E-state index in [2.05, 4.69) is 24.1 Å². The Labute approximate surface area is 106 Å². The van der Waals surface area contributed by atoms with Gasteiger partial charge >= 0.3 is 0 Å². The first-order valence-electron chi connectivity index (χ1n) is 7.64. The number of nitrogens with one attached hydrogen (secondary N) is 1. The van der Waals surface area contributed by atoms with Gasteiger partial charge in [0.25, 0.3) is 0 Å². The van der Waals surface area contributed by atoms with E-state index in [0.717, 1.165) is 18.0 Å². The van der Waals surface area contributed by atoms with Crippen molar-refractivity contribution in [2.24, 2.45) is 11.3 Å². The molecule has 0 bridgehead atoms. The molecule has 3 fully saturated rings. The third-order valence-electron chi connectivity index (χ3n) is 5.56. The summed E-state index contributed by atoms with van der Waals surface area (Å²) in [6.07, 6.45) is 8.74. The Bertz CT molecular complexity index is 268. The Kier molecular flexibility index (Phi) is 3.20. The maximum absolute atomic E-state index is 3.78. The smallest absolute Gasteiger partial charge is 0.0229 e. The van der Waals surface area contributed by atoms with Gasteiger partial charge in [0.2, 0.25) is 0 Å². The predicted octanol–water partition coefficient (Wildman–Crippen LogP) is 2.64. The van der Waals surface area contributed by atoms with Crippen molar-refractivity contribution in [3.63, 3.8) is 0 Å². The molecule has 98 valence electrons. The average molecular weight is 236 g/mol. The molecule has 2 heteroatoms. The van der Waals surface area contributed by atoms with Crippen molar-refractivity contribution >= 4 is 0 Å². The summed E-state index contributed by atoms with van der Waals surface area (Å²) in [5.74, 6) is 0.919. The Morgan fingerprint density at radius 1 is 1.06 bits per heavy atom. The molecule has 0 spiro atoms. The first kappa shape index (κ1) is 12.0. The molecule has 2 atom stereocenters. The molecule has 3 aliphatic rings. The molecule has 0 radical (unpaired) electrons. The van der Waals surface area contributed by atoms with E-state index in [9.17, 15) is 0 Å². The fraction of sp³-hybridized carbons (Fsp3) is 1.00. The zero-order valence-electron chi connectivity index (χ0n) is 11.5. The molecule has 0 aromatic rings. The Morgan fingerprint density at radius 2 is 1.82 bits per heavy atom. The van der Waals surface area contributed by atoms with Gasteiger partial charge in [0.15, 0.2) is 0 Å². The minimum Gasteiger partial charge on any atom is -0.312 e. The molecule has 1 N–H and O–H groups in total. The Hall–Kier alpha value is -0.0800. The van der Waals surface area contributed by atoms with Gasteiger partial charge in [-0.1, -0.05) is 33.1 Å².